The number of para-hydroxylation sites is 2. The minimum atomic E-state index is 0. The highest BCUT2D eigenvalue weighted by Gasteiger charge is 2.21. The summed E-state index contributed by atoms with van der Waals surface area (Å²) in [7, 11) is 1.74. The highest BCUT2D eigenvalue weighted by molar-refractivity contribution is 14.0. The van der Waals surface area contributed by atoms with Crippen LogP contribution in [0.25, 0.3) is 0 Å². The van der Waals surface area contributed by atoms with Crippen molar-refractivity contribution in [3.05, 3.63) is 48.2 Å². The Balaban J connectivity index is 0.00000289. The van der Waals surface area contributed by atoms with E-state index in [2.05, 4.69) is 56.2 Å². The number of halogens is 1. The standard InChI is InChI=1S/C24H34N6O.HI/c1-3-25-24(27-19-20-10-11-26-23(18-20)29-12-6-7-13-29)30-16-14-28(15-17-30)21-8-4-5-9-22(21)31-2;/h4-5,8-11,18H,3,6-7,12-17,19H2,1-2H3,(H,25,27);1H. The van der Waals surface area contributed by atoms with Crippen molar-refractivity contribution in [2.24, 2.45) is 4.99 Å². The van der Waals surface area contributed by atoms with Crippen molar-refractivity contribution >= 4 is 41.4 Å². The number of benzene rings is 1. The van der Waals surface area contributed by atoms with Gasteiger partial charge in [0.15, 0.2) is 5.96 Å². The topological polar surface area (TPSA) is 56.2 Å². The molecule has 0 amide bonds. The van der Waals surface area contributed by atoms with Gasteiger partial charge < -0.3 is 24.8 Å². The van der Waals surface area contributed by atoms with E-state index in [0.29, 0.717) is 6.54 Å². The highest BCUT2D eigenvalue weighted by Crippen LogP contribution is 2.28. The summed E-state index contributed by atoms with van der Waals surface area (Å²) in [5.74, 6) is 3.00. The molecule has 0 spiro atoms. The van der Waals surface area contributed by atoms with E-state index in [0.717, 1.165) is 69.0 Å². The first kappa shape index (κ1) is 24.4. The van der Waals surface area contributed by atoms with Crippen LogP contribution in [0.1, 0.15) is 25.3 Å². The molecule has 1 aromatic heterocycles. The van der Waals surface area contributed by atoms with Crippen LogP contribution in [0, 0.1) is 0 Å². The Labute approximate surface area is 208 Å². The number of aromatic nitrogens is 1. The van der Waals surface area contributed by atoms with Gasteiger partial charge >= 0.3 is 0 Å². The smallest absolute Gasteiger partial charge is 0.194 e. The summed E-state index contributed by atoms with van der Waals surface area (Å²) in [6.07, 6.45) is 4.43. The van der Waals surface area contributed by atoms with Gasteiger partial charge in [0.1, 0.15) is 11.6 Å². The minimum Gasteiger partial charge on any atom is -0.495 e. The number of hydrogen-bond donors (Lipinski definition) is 1. The first-order valence-corrected chi connectivity index (χ1v) is 11.4. The van der Waals surface area contributed by atoms with Gasteiger partial charge in [-0.3, -0.25) is 0 Å². The van der Waals surface area contributed by atoms with Crippen molar-refractivity contribution in [1.82, 2.24) is 15.2 Å². The number of piperazine rings is 1. The van der Waals surface area contributed by atoms with Crippen LogP contribution in [0.5, 0.6) is 5.75 Å². The molecule has 0 atom stereocenters. The average Bonchev–Trinajstić information content (AvgIpc) is 3.37. The number of rotatable bonds is 6. The van der Waals surface area contributed by atoms with E-state index in [1.807, 2.05) is 18.3 Å². The van der Waals surface area contributed by atoms with Crippen LogP contribution in [0.2, 0.25) is 0 Å². The maximum absolute atomic E-state index is 5.55. The number of guanidine groups is 1. The molecule has 32 heavy (non-hydrogen) atoms. The van der Waals surface area contributed by atoms with E-state index in [4.69, 9.17) is 9.73 Å². The molecule has 0 radical (unpaired) electrons. The third-order valence-corrected chi connectivity index (χ3v) is 5.99. The summed E-state index contributed by atoms with van der Waals surface area (Å²) < 4.78 is 5.55. The highest BCUT2D eigenvalue weighted by atomic mass is 127. The Morgan fingerprint density at radius 1 is 1.03 bits per heavy atom. The van der Waals surface area contributed by atoms with Crippen LogP contribution in [0.15, 0.2) is 47.6 Å². The van der Waals surface area contributed by atoms with E-state index < -0.39 is 0 Å². The van der Waals surface area contributed by atoms with Gasteiger partial charge in [0.25, 0.3) is 0 Å². The lowest BCUT2D eigenvalue weighted by Crippen LogP contribution is -2.52. The molecule has 1 aromatic carbocycles. The Kier molecular flexibility index (Phi) is 9.25. The van der Waals surface area contributed by atoms with Crippen LogP contribution < -0.4 is 19.9 Å². The fourth-order valence-electron chi connectivity index (χ4n) is 4.32. The molecule has 3 heterocycles. The minimum absolute atomic E-state index is 0. The van der Waals surface area contributed by atoms with Crippen molar-refractivity contribution < 1.29 is 4.74 Å². The van der Waals surface area contributed by atoms with Crippen molar-refractivity contribution in [2.45, 2.75) is 26.3 Å². The van der Waals surface area contributed by atoms with Crippen LogP contribution in [0.3, 0.4) is 0 Å². The van der Waals surface area contributed by atoms with E-state index in [9.17, 15) is 0 Å². The molecule has 8 heteroatoms. The maximum Gasteiger partial charge on any atom is 0.194 e. The quantitative estimate of drug-likeness (QED) is 0.337. The zero-order chi connectivity index (χ0) is 21.5. The van der Waals surface area contributed by atoms with Gasteiger partial charge in [0, 0.05) is 52.0 Å². The Hall–Kier alpha value is -2.23. The molecule has 174 valence electrons. The fourth-order valence-corrected chi connectivity index (χ4v) is 4.32. The van der Waals surface area contributed by atoms with Gasteiger partial charge in [-0.25, -0.2) is 9.98 Å². The van der Waals surface area contributed by atoms with Gasteiger partial charge in [0.05, 0.1) is 19.3 Å². The predicted molar refractivity (Wildman–Crippen MR) is 143 cm³/mol. The molecule has 0 unspecified atom stereocenters. The molecule has 2 aliphatic rings. The molecule has 2 saturated heterocycles. The van der Waals surface area contributed by atoms with Gasteiger partial charge in [-0.05, 0) is 49.6 Å². The summed E-state index contributed by atoms with van der Waals surface area (Å²) in [5.41, 5.74) is 2.37. The lowest BCUT2D eigenvalue weighted by Gasteiger charge is -2.38. The third-order valence-electron chi connectivity index (χ3n) is 5.99. The fraction of sp³-hybridized carbons (Fsp3) is 0.500. The summed E-state index contributed by atoms with van der Waals surface area (Å²) in [5, 5.41) is 3.48. The first-order valence-electron chi connectivity index (χ1n) is 11.4. The van der Waals surface area contributed by atoms with E-state index in [1.165, 1.54) is 18.4 Å². The van der Waals surface area contributed by atoms with Crippen LogP contribution in [-0.2, 0) is 6.54 Å². The average molecular weight is 550 g/mol. The lowest BCUT2D eigenvalue weighted by molar-refractivity contribution is 0.367. The number of methoxy groups -OCH3 is 1. The number of aliphatic imine (C=N–C) groups is 1. The van der Waals surface area contributed by atoms with Crippen LogP contribution in [0.4, 0.5) is 11.5 Å². The predicted octanol–water partition coefficient (Wildman–Crippen LogP) is 3.60. The van der Waals surface area contributed by atoms with Crippen molar-refractivity contribution in [2.75, 3.05) is 62.7 Å². The van der Waals surface area contributed by atoms with Gasteiger partial charge in [0.2, 0.25) is 0 Å². The number of nitrogens with zero attached hydrogens (tertiary/aromatic N) is 5. The molecule has 7 nitrogen and oxygen atoms in total. The van der Waals surface area contributed by atoms with E-state index >= 15 is 0 Å². The van der Waals surface area contributed by atoms with Crippen molar-refractivity contribution in [1.29, 1.82) is 0 Å². The molecular formula is C24H35IN6O. The molecule has 2 fully saturated rings. The second kappa shape index (κ2) is 12.1. The SMILES string of the molecule is CCNC(=NCc1ccnc(N2CCCC2)c1)N1CCN(c2ccccc2OC)CC1.I. The molecule has 1 N–H and O–H groups in total. The number of pyridine rings is 1. The first-order chi connectivity index (χ1) is 15.3. The zero-order valence-corrected chi connectivity index (χ0v) is 21.5. The van der Waals surface area contributed by atoms with Gasteiger partial charge in [-0.2, -0.15) is 0 Å². The summed E-state index contributed by atoms with van der Waals surface area (Å²) in [4.78, 5) is 16.6. The molecule has 2 aromatic rings. The lowest BCUT2D eigenvalue weighted by atomic mass is 10.2. The third kappa shape index (κ3) is 5.96. The number of ether oxygens (including phenoxy) is 1. The Bertz CT molecular complexity index is 878. The molecule has 0 bridgehead atoms. The number of hydrogen-bond acceptors (Lipinski definition) is 5. The van der Waals surface area contributed by atoms with E-state index in [1.54, 1.807) is 7.11 Å². The summed E-state index contributed by atoms with van der Waals surface area (Å²) in [6, 6.07) is 12.5. The normalized spacial score (nSPS) is 16.7. The van der Waals surface area contributed by atoms with Crippen LogP contribution in [-0.4, -0.2) is 68.8 Å². The Morgan fingerprint density at radius 3 is 2.50 bits per heavy atom. The maximum atomic E-state index is 5.55. The zero-order valence-electron chi connectivity index (χ0n) is 19.2. The van der Waals surface area contributed by atoms with Crippen molar-refractivity contribution in [3.63, 3.8) is 0 Å². The molecule has 0 saturated carbocycles. The second-order valence-corrected chi connectivity index (χ2v) is 8.03. The number of nitrogens with one attached hydrogen (secondary N) is 1. The van der Waals surface area contributed by atoms with Gasteiger partial charge in [-0.1, -0.05) is 12.1 Å². The largest absolute Gasteiger partial charge is 0.495 e. The molecule has 2 aliphatic heterocycles. The molecular weight excluding hydrogens is 515 g/mol. The number of anilines is 2. The molecule has 0 aliphatic carbocycles. The second-order valence-electron chi connectivity index (χ2n) is 8.03. The van der Waals surface area contributed by atoms with Gasteiger partial charge in [-0.15, -0.1) is 24.0 Å². The summed E-state index contributed by atoms with van der Waals surface area (Å²) >= 11 is 0. The summed E-state index contributed by atoms with van der Waals surface area (Å²) in [6.45, 7) is 9.62. The van der Waals surface area contributed by atoms with E-state index in [-0.39, 0.29) is 24.0 Å². The van der Waals surface area contributed by atoms with Crippen LogP contribution >= 0.6 is 24.0 Å². The van der Waals surface area contributed by atoms with Crippen molar-refractivity contribution in [3.8, 4) is 5.75 Å². The Morgan fingerprint density at radius 2 is 1.78 bits per heavy atom. The molecule has 4 rings (SSSR count). The monoisotopic (exact) mass is 550 g/mol.